The molecule has 5 nitrogen and oxygen atoms in total. The quantitative estimate of drug-likeness (QED) is 0.557. The van der Waals surface area contributed by atoms with E-state index in [9.17, 15) is 4.79 Å². The fraction of sp³-hybridized carbons (Fsp3) is 0.150. The van der Waals surface area contributed by atoms with E-state index in [0.29, 0.717) is 12.8 Å². The monoisotopic (exact) mass is 332 g/mol. The molecule has 1 aromatic heterocycles. The van der Waals surface area contributed by atoms with Gasteiger partial charge in [-0.25, -0.2) is 5.43 Å². The Morgan fingerprint density at radius 2 is 1.64 bits per heavy atom. The highest BCUT2D eigenvalue weighted by atomic mass is 16.2. The van der Waals surface area contributed by atoms with Crippen molar-refractivity contribution in [2.45, 2.75) is 12.8 Å². The van der Waals surface area contributed by atoms with Gasteiger partial charge in [-0.15, -0.1) is 0 Å². The Morgan fingerprint density at radius 3 is 2.16 bits per heavy atom. The van der Waals surface area contributed by atoms with Crippen molar-refractivity contribution in [1.29, 1.82) is 0 Å². The summed E-state index contributed by atoms with van der Waals surface area (Å²) in [6.45, 7) is 0. The Hall–Kier alpha value is -3.21. The van der Waals surface area contributed by atoms with Gasteiger partial charge in [-0.2, -0.15) is 10.2 Å². The maximum absolute atomic E-state index is 12.1. The lowest BCUT2D eigenvalue weighted by atomic mass is 10.0. The fourth-order valence-corrected chi connectivity index (χ4v) is 2.52. The summed E-state index contributed by atoms with van der Waals surface area (Å²) >= 11 is 0. The van der Waals surface area contributed by atoms with Crippen LogP contribution in [0.15, 0.2) is 78.2 Å². The first kappa shape index (κ1) is 16.6. The van der Waals surface area contributed by atoms with E-state index >= 15 is 0 Å². The molecule has 0 atom stereocenters. The maximum atomic E-state index is 12.1. The largest absolute Gasteiger partial charge is 0.276 e. The summed E-state index contributed by atoms with van der Waals surface area (Å²) < 4.78 is 1.73. The fourth-order valence-electron chi connectivity index (χ4n) is 2.52. The van der Waals surface area contributed by atoms with E-state index in [1.807, 2.05) is 73.9 Å². The number of aromatic nitrogens is 2. The molecule has 3 rings (SSSR count). The topological polar surface area (TPSA) is 59.3 Å². The molecule has 0 fully saturated rings. The summed E-state index contributed by atoms with van der Waals surface area (Å²) in [5.74, 6) is -0.117. The number of hydrogen-bond acceptors (Lipinski definition) is 3. The molecule has 2 aromatic carbocycles. The summed E-state index contributed by atoms with van der Waals surface area (Å²) in [4.78, 5) is 12.1. The van der Waals surface area contributed by atoms with Crippen LogP contribution in [-0.4, -0.2) is 21.4 Å². The van der Waals surface area contributed by atoms with Crippen LogP contribution < -0.4 is 5.43 Å². The Labute approximate surface area is 147 Å². The van der Waals surface area contributed by atoms with Gasteiger partial charge >= 0.3 is 0 Å². The Kier molecular flexibility index (Phi) is 5.36. The molecule has 0 unspecified atom stereocenters. The molecule has 0 saturated carbocycles. The molecule has 5 heteroatoms. The molecule has 25 heavy (non-hydrogen) atoms. The van der Waals surface area contributed by atoms with Gasteiger partial charge in [0, 0.05) is 30.8 Å². The summed E-state index contributed by atoms with van der Waals surface area (Å²) in [6.07, 6.45) is 4.69. The number of aryl methyl sites for hydroxylation is 2. The van der Waals surface area contributed by atoms with Gasteiger partial charge in [0.25, 0.3) is 0 Å². The highest BCUT2D eigenvalue weighted by Crippen LogP contribution is 2.10. The van der Waals surface area contributed by atoms with E-state index in [1.165, 1.54) is 0 Å². The zero-order chi connectivity index (χ0) is 17.5. The predicted molar refractivity (Wildman–Crippen MR) is 98.2 cm³/mol. The second-order valence-electron chi connectivity index (χ2n) is 5.75. The van der Waals surface area contributed by atoms with E-state index in [2.05, 4.69) is 15.6 Å². The van der Waals surface area contributed by atoms with Gasteiger partial charge < -0.3 is 0 Å². The van der Waals surface area contributed by atoms with Crippen LogP contribution in [0.25, 0.3) is 0 Å². The van der Waals surface area contributed by atoms with Gasteiger partial charge in [0.1, 0.15) is 0 Å². The normalized spacial score (nSPS) is 10.3. The van der Waals surface area contributed by atoms with E-state index in [-0.39, 0.29) is 5.91 Å². The minimum Gasteiger partial charge on any atom is -0.276 e. The van der Waals surface area contributed by atoms with Crippen molar-refractivity contribution in [3.63, 3.8) is 0 Å². The average molecular weight is 332 g/mol. The van der Waals surface area contributed by atoms with Crippen LogP contribution in [-0.2, 0) is 18.3 Å². The molecule has 0 aliphatic carbocycles. The number of hydrazone groups is 1. The van der Waals surface area contributed by atoms with Gasteiger partial charge in [-0.1, -0.05) is 60.7 Å². The van der Waals surface area contributed by atoms with Crippen molar-refractivity contribution in [1.82, 2.24) is 15.2 Å². The molecular weight excluding hydrogens is 312 g/mol. The first-order chi connectivity index (χ1) is 12.2. The molecule has 3 aromatic rings. The number of hydrogen-bond donors (Lipinski definition) is 1. The molecule has 0 aliphatic heterocycles. The lowest BCUT2D eigenvalue weighted by Gasteiger charge is -2.08. The SMILES string of the molecule is Cn1cc(CCC(=O)NN=C(c2ccccc2)c2ccccc2)cn1. The maximum Gasteiger partial charge on any atom is 0.240 e. The van der Waals surface area contributed by atoms with E-state index in [0.717, 1.165) is 22.4 Å². The van der Waals surface area contributed by atoms with Crippen molar-refractivity contribution in [3.8, 4) is 0 Å². The number of rotatable bonds is 6. The molecule has 0 saturated heterocycles. The second-order valence-corrected chi connectivity index (χ2v) is 5.75. The summed E-state index contributed by atoms with van der Waals surface area (Å²) in [5, 5.41) is 8.48. The molecule has 1 amide bonds. The lowest BCUT2D eigenvalue weighted by Crippen LogP contribution is -2.20. The van der Waals surface area contributed by atoms with Crippen molar-refractivity contribution in [3.05, 3.63) is 89.7 Å². The second kappa shape index (κ2) is 8.06. The Morgan fingerprint density at radius 1 is 1.04 bits per heavy atom. The van der Waals surface area contributed by atoms with Crippen LogP contribution >= 0.6 is 0 Å². The summed E-state index contributed by atoms with van der Waals surface area (Å²) in [5.41, 5.74) is 6.38. The van der Waals surface area contributed by atoms with Gasteiger partial charge in [-0.3, -0.25) is 9.48 Å². The number of benzene rings is 2. The standard InChI is InChI=1S/C20H20N4O/c1-24-15-16(14-21-24)12-13-19(25)22-23-20(17-8-4-2-5-9-17)18-10-6-3-7-11-18/h2-11,14-15H,12-13H2,1H3,(H,22,25). The molecule has 0 bridgehead atoms. The lowest BCUT2D eigenvalue weighted by molar-refractivity contribution is -0.121. The van der Waals surface area contributed by atoms with Crippen LogP contribution in [0.4, 0.5) is 0 Å². The number of amides is 1. The minimum atomic E-state index is -0.117. The van der Waals surface area contributed by atoms with Crippen LogP contribution in [0, 0.1) is 0 Å². The van der Waals surface area contributed by atoms with Crippen LogP contribution in [0.3, 0.4) is 0 Å². The summed E-state index contributed by atoms with van der Waals surface area (Å²) in [6, 6.07) is 19.7. The van der Waals surface area contributed by atoms with E-state index < -0.39 is 0 Å². The molecule has 0 spiro atoms. The Bertz CT molecular complexity index is 812. The van der Waals surface area contributed by atoms with Crippen molar-refractivity contribution >= 4 is 11.6 Å². The van der Waals surface area contributed by atoms with Crippen molar-refractivity contribution < 1.29 is 4.79 Å². The first-order valence-corrected chi connectivity index (χ1v) is 8.17. The van der Waals surface area contributed by atoms with Crippen LogP contribution in [0.1, 0.15) is 23.1 Å². The first-order valence-electron chi connectivity index (χ1n) is 8.17. The summed E-state index contributed by atoms with van der Waals surface area (Å²) in [7, 11) is 1.86. The molecule has 1 N–H and O–H groups in total. The van der Waals surface area contributed by atoms with Gasteiger partial charge in [0.15, 0.2) is 0 Å². The van der Waals surface area contributed by atoms with E-state index in [1.54, 1.807) is 10.9 Å². The number of carbonyl (C=O) groups excluding carboxylic acids is 1. The number of nitrogens with one attached hydrogen (secondary N) is 1. The number of carbonyl (C=O) groups is 1. The Balaban J connectivity index is 1.71. The highest BCUT2D eigenvalue weighted by Gasteiger charge is 2.08. The number of nitrogens with zero attached hydrogens (tertiary/aromatic N) is 3. The van der Waals surface area contributed by atoms with Gasteiger partial charge in [-0.05, 0) is 12.0 Å². The van der Waals surface area contributed by atoms with Crippen molar-refractivity contribution in [2.24, 2.45) is 12.1 Å². The zero-order valence-electron chi connectivity index (χ0n) is 14.1. The van der Waals surface area contributed by atoms with E-state index in [4.69, 9.17) is 0 Å². The highest BCUT2D eigenvalue weighted by molar-refractivity contribution is 6.13. The smallest absolute Gasteiger partial charge is 0.240 e. The molecule has 126 valence electrons. The molecule has 0 radical (unpaired) electrons. The third kappa shape index (κ3) is 4.64. The van der Waals surface area contributed by atoms with Crippen molar-refractivity contribution in [2.75, 3.05) is 0 Å². The van der Waals surface area contributed by atoms with Gasteiger partial charge in [0.2, 0.25) is 5.91 Å². The average Bonchev–Trinajstić information content (AvgIpc) is 3.07. The molecular formula is C20H20N4O. The van der Waals surface area contributed by atoms with Crippen LogP contribution in [0.2, 0.25) is 0 Å². The third-order valence-corrected chi connectivity index (χ3v) is 3.79. The van der Waals surface area contributed by atoms with Gasteiger partial charge in [0.05, 0.1) is 11.9 Å². The zero-order valence-corrected chi connectivity index (χ0v) is 14.1. The third-order valence-electron chi connectivity index (χ3n) is 3.79. The van der Waals surface area contributed by atoms with Crippen LogP contribution in [0.5, 0.6) is 0 Å². The predicted octanol–water partition coefficient (Wildman–Crippen LogP) is 2.92. The molecule has 0 aliphatic rings. The molecule has 1 heterocycles. The minimum absolute atomic E-state index is 0.117.